The number of ketones is 5. The smallest absolute Gasteiger partial charge is 0.399 e. The van der Waals surface area contributed by atoms with Gasteiger partial charge in [0.05, 0.1) is 56.4 Å². The van der Waals surface area contributed by atoms with Crippen molar-refractivity contribution in [3.63, 3.8) is 0 Å². The first-order chi connectivity index (χ1) is 65.3. The molecule has 0 saturated heterocycles. The minimum Gasteiger partial charge on any atom is -0.512 e. The van der Waals surface area contributed by atoms with Gasteiger partial charge in [-0.1, -0.05) is 224 Å². The van der Waals surface area contributed by atoms with Crippen LogP contribution in [0.1, 0.15) is 85.9 Å². The van der Waals surface area contributed by atoms with Gasteiger partial charge in [0.25, 0.3) is 0 Å². The van der Waals surface area contributed by atoms with E-state index < -0.39 is 35.0 Å². The standard InChI is InChI=1S/C22H16N.C21H12F2N.C16H9F3N.C16H12N.C15H8F2N.5C5H8O2.5Ir/c1-16-9-5-6-12-18(16)22-15-20(17-10-3-2-4-11-17)19-13-7-8-14-21(19)23-22;22-15-10-11-17(19(23)12-15)21-13-18(14-6-2-1-3-7-14)16-8-4-5-9-20(16)24-21;17-16(18,19)13-6-3-5-12(10-13)15-9-8-11-4-1-2-7-14(11)20-15;1-12-11-16(13-7-3-2-4-8-13)17-15-10-6-5-9-14(12)15;16-11-6-7-12(13(17)9-11)15-8-5-10-3-1-2-4-14(10)18-15;5*1-4(6)3-5(2)7;;;;;/h2-11,13-15H,1H3;1-10,12-13H;1-4,6-10H;2-7,9-11H,1H3;1-6,8-9H;5*3,6H,1-2H3;;;;;/q5*-1;;;;;;;;;;. The van der Waals surface area contributed by atoms with Crippen LogP contribution in [0.3, 0.4) is 0 Å². The molecule has 5 radical (unpaired) electrons. The molecule has 0 bridgehead atoms. The molecule has 5 heterocycles. The molecule has 17 aromatic rings. The van der Waals surface area contributed by atoms with Crippen molar-refractivity contribution in [2.75, 3.05) is 0 Å². The molecule has 12 aromatic carbocycles. The van der Waals surface area contributed by atoms with Gasteiger partial charge in [-0.15, -0.1) is 125 Å². The number of carbonyl (C=O) groups excluding carboxylic acids is 5. The number of aryl methyl sites for hydroxylation is 2. The zero-order chi connectivity index (χ0) is 99.8. The van der Waals surface area contributed by atoms with Gasteiger partial charge in [-0.2, -0.15) is 13.2 Å². The molecule has 5 aromatic heterocycles. The molecule has 142 heavy (non-hydrogen) atoms. The van der Waals surface area contributed by atoms with E-state index in [4.69, 9.17) is 30.5 Å². The number of alkyl halides is 3. The number of carbonyl (C=O) groups is 5. The molecule has 0 amide bonds. The maximum absolute atomic E-state index is 14.2. The molecule has 17 rings (SSSR count). The van der Waals surface area contributed by atoms with Crippen LogP contribution < -0.4 is 0 Å². The van der Waals surface area contributed by atoms with E-state index in [2.05, 4.69) is 137 Å². The van der Waals surface area contributed by atoms with Crippen LogP contribution in [0.15, 0.2) is 369 Å². The van der Waals surface area contributed by atoms with E-state index in [0.717, 1.165) is 114 Å². The van der Waals surface area contributed by atoms with Gasteiger partial charge in [-0.05, 0) is 179 Å². The number of hydrogen-bond acceptors (Lipinski definition) is 15. The van der Waals surface area contributed by atoms with Crippen LogP contribution in [0.25, 0.3) is 133 Å². The van der Waals surface area contributed by atoms with Gasteiger partial charge in [0.1, 0.15) is 0 Å². The number of rotatable bonds is 12. The zero-order valence-corrected chi connectivity index (χ0v) is 90.6. The van der Waals surface area contributed by atoms with E-state index in [-0.39, 0.29) is 169 Å². The fraction of sp³-hybridized carbons (Fsp3) is 0.113. The van der Waals surface area contributed by atoms with Crippen molar-refractivity contribution in [2.45, 2.75) is 89.3 Å². The Morgan fingerprint density at radius 2 is 0.627 bits per heavy atom. The number of para-hydroxylation sites is 5. The van der Waals surface area contributed by atoms with Crippen LogP contribution in [-0.4, -0.2) is 79.4 Å². The number of allylic oxidation sites excluding steroid dienone is 10. The topological polar surface area (TPSA) is 251 Å². The first-order valence-electron chi connectivity index (χ1n) is 42.5. The number of nitrogens with zero attached hydrogens (tertiary/aromatic N) is 5. The molecule has 0 atom stereocenters. The summed E-state index contributed by atoms with van der Waals surface area (Å²) < 4.78 is 91.9. The van der Waals surface area contributed by atoms with Gasteiger partial charge in [-0.25, -0.2) is 0 Å². The Labute approximate surface area is 888 Å². The number of halogens is 7. The van der Waals surface area contributed by atoms with E-state index in [1.807, 2.05) is 182 Å². The molecular formula is C115H97F7Ir5N5O10-5. The molecule has 0 saturated carbocycles. The maximum Gasteiger partial charge on any atom is 0.399 e. The number of aromatic nitrogens is 5. The SMILES string of the molecule is CC(=O)C=C(C)O.CC(=O)C=C(C)O.CC(=O)C=C(C)O.CC(=O)C=C(C)O.CC(=O)C=C(C)O.Cc1cc(-c2[c-]cccc2)nc2ccccc12.Cc1ccc[c-]c1-c1cc(-c2ccccc2)c2ccccc2n1.FC(F)(F)c1cc[c-]c(-c2ccc3ccccc3n2)c1.Fc1c[c-]c(-c2cc(-c3ccccc3)c3ccccc3n2)c(F)c1.Fc1c[c-]c(-c2ccc3ccccc3n2)c(F)c1.[Ir].[Ir].[Ir].[Ir].[Ir]. The third-order valence-electron chi connectivity index (χ3n) is 18.7. The van der Waals surface area contributed by atoms with E-state index >= 15 is 0 Å². The molecular weight excluding hydrogens is 2710 g/mol. The molecule has 15 nitrogen and oxygen atoms in total. The van der Waals surface area contributed by atoms with Crippen LogP contribution in [0.4, 0.5) is 30.7 Å². The van der Waals surface area contributed by atoms with E-state index in [0.29, 0.717) is 22.6 Å². The average molecular weight is 2800 g/mol. The summed E-state index contributed by atoms with van der Waals surface area (Å²) in [7, 11) is 0. The molecule has 27 heteroatoms. The first-order valence-corrected chi connectivity index (χ1v) is 42.5. The summed E-state index contributed by atoms with van der Waals surface area (Å²) >= 11 is 0. The quantitative estimate of drug-likeness (QED) is 0.0330. The Hall–Kier alpha value is -13.5. The second-order valence-corrected chi connectivity index (χ2v) is 30.6. The van der Waals surface area contributed by atoms with Crippen LogP contribution >= 0.6 is 0 Å². The van der Waals surface area contributed by atoms with Crippen LogP contribution in [0.2, 0.25) is 0 Å². The minimum atomic E-state index is -4.36. The fourth-order valence-corrected chi connectivity index (χ4v) is 13.1. The number of fused-ring (bicyclic) bond motifs is 5. The van der Waals surface area contributed by atoms with Gasteiger partial charge >= 0.3 is 6.18 Å². The van der Waals surface area contributed by atoms with Crippen molar-refractivity contribution in [3.8, 4) is 78.5 Å². The van der Waals surface area contributed by atoms with Crippen LogP contribution in [0.5, 0.6) is 0 Å². The normalized spacial score (nSPS) is 10.7. The van der Waals surface area contributed by atoms with Gasteiger partial charge in [0, 0.05) is 170 Å². The molecule has 0 aliphatic heterocycles. The Morgan fingerprint density at radius 3 is 1.01 bits per heavy atom. The van der Waals surface area contributed by atoms with Crippen molar-refractivity contribution in [1.29, 1.82) is 0 Å². The Kier molecular flexibility index (Phi) is 53.5. The van der Waals surface area contributed by atoms with Crippen LogP contribution in [-0.2, 0) is 131 Å². The summed E-state index contributed by atoms with van der Waals surface area (Å²) in [6, 6.07) is 109. The number of pyridine rings is 5. The predicted molar refractivity (Wildman–Crippen MR) is 531 cm³/mol. The Bertz CT molecular complexity index is 7060. The van der Waals surface area contributed by atoms with Gasteiger partial charge in [0.15, 0.2) is 28.9 Å². The van der Waals surface area contributed by atoms with E-state index in [9.17, 15) is 54.7 Å². The van der Waals surface area contributed by atoms with Crippen LogP contribution in [0, 0.1) is 67.4 Å². The summed E-state index contributed by atoms with van der Waals surface area (Å²) in [4.78, 5) is 72.9. The van der Waals surface area contributed by atoms with Crippen molar-refractivity contribution in [1.82, 2.24) is 24.9 Å². The zero-order valence-electron chi connectivity index (χ0n) is 78.7. The average Bonchev–Trinajstić information content (AvgIpc) is 0.757. The first kappa shape index (κ1) is 123. The van der Waals surface area contributed by atoms with Gasteiger partial charge in [-0.3, -0.25) is 66.5 Å². The van der Waals surface area contributed by atoms with Gasteiger partial charge in [0.2, 0.25) is 0 Å². The largest absolute Gasteiger partial charge is 0.512 e. The summed E-state index contributed by atoms with van der Waals surface area (Å²) in [6.45, 7) is 18.5. The predicted octanol–water partition coefficient (Wildman–Crippen LogP) is 29.2. The molecule has 0 aliphatic rings. The summed E-state index contributed by atoms with van der Waals surface area (Å²) in [5.74, 6) is -2.93. The molecule has 741 valence electrons. The number of benzene rings is 12. The molecule has 0 spiro atoms. The Morgan fingerprint density at radius 1 is 0.289 bits per heavy atom. The van der Waals surface area contributed by atoms with Crippen molar-refractivity contribution >= 4 is 83.4 Å². The summed E-state index contributed by atoms with van der Waals surface area (Å²) in [5, 5.41) is 47.1. The number of aliphatic hydroxyl groups excluding tert-OH is 5. The van der Waals surface area contributed by atoms with E-state index in [1.54, 1.807) is 12.1 Å². The third kappa shape index (κ3) is 41.0. The Balaban J connectivity index is 0.000000419. The van der Waals surface area contributed by atoms with Crippen molar-refractivity contribution < 1.29 is 181 Å². The maximum atomic E-state index is 14.2. The second-order valence-electron chi connectivity index (χ2n) is 30.6. The van der Waals surface area contributed by atoms with Crippen molar-refractivity contribution in [2.24, 2.45) is 0 Å². The molecule has 0 aliphatic carbocycles. The summed E-state index contributed by atoms with van der Waals surface area (Å²) in [6.07, 6.45) is 1.47. The third-order valence-corrected chi connectivity index (χ3v) is 18.7. The molecule has 0 fully saturated rings. The van der Waals surface area contributed by atoms with Crippen molar-refractivity contribution in [3.05, 3.63) is 439 Å². The molecule has 5 N–H and O–H groups in total. The minimum absolute atomic E-state index is 0. The second kappa shape index (κ2) is 61.9. The summed E-state index contributed by atoms with van der Waals surface area (Å²) in [5.41, 5.74) is 16.6. The molecule has 0 unspecified atom stereocenters. The monoisotopic (exact) mass is 2810 g/mol. The number of aliphatic hydroxyl groups is 5. The number of hydrogen-bond donors (Lipinski definition) is 5. The van der Waals surface area contributed by atoms with Gasteiger partial charge < -0.3 is 25.5 Å². The fourth-order valence-electron chi connectivity index (χ4n) is 13.1. The van der Waals surface area contributed by atoms with E-state index in [1.165, 1.54) is 139 Å².